The van der Waals surface area contributed by atoms with Crippen LogP contribution in [0.2, 0.25) is 0 Å². The molecule has 0 spiro atoms. The van der Waals surface area contributed by atoms with E-state index in [4.69, 9.17) is 8.60 Å². The van der Waals surface area contributed by atoms with Crippen LogP contribution in [0.5, 0.6) is 5.75 Å². The molecule has 108 valence electrons. The van der Waals surface area contributed by atoms with Crippen molar-refractivity contribution in [3.05, 3.63) is 54.0 Å². The van der Waals surface area contributed by atoms with Crippen molar-refractivity contribution in [2.75, 3.05) is 5.75 Å². The van der Waals surface area contributed by atoms with Crippen molar-refractivity contribution >= 4 is 10.1 Å². The Bertz CT molecular complexity index is 618. The molecule has 20 heavy (non-hydrogen) atoms. The standard InChI is InChI=1S/C14H17NO4S/c1-2-20(16,17)19-13-7-5-12(6-8-13)10-15-11-14-4-3-9-18-14/h3-9,15H,2,10-11H2,1H3. The summed E-state index contributed by atoms with van der Waals surface area (Å²) in [5.41, 5.74) is 1.04. The second-order valence-corrected chi connectivity index (χ2v) is 6.12. The van der Waals surface area contributed by atoms with Gasteiger partial charge in [-0.05, 0) is 36.8 Å². The Morgan fingerprint density at radius 2 is 1.90 bits per heavy atom. The van der Waals surface area contributed by atoms with Gasteiger partial charge < -0.3 is 13.9 Å². The van der Waals surface area contributed by atoms with Gasteiger partial charge in [0.15, 0.2) is 0 Å². The molecule has 0 aliphatic carbocycles. The van der Waals surface area contributed by atoms with E-state index in [9.17, 15) is 8.42 Å². The Morgan fingerprint density at radius 1 is 1.15 bits per heavy atom. The highest BCUT2D eigenvalue weighted by molar-refractivity contribution is 7.87. The van der Waals surface area contributed by atoms with E-state index < -0.39 is 10.1 Å². The average Bonchev–Trinajstić information content (AvgIpc) is 2.94. The summed E-state index contributed by atoms with van der Waals surface area (Å²) in [4.78, 5) is 0. The van der Waals surface area contributed by atoms with E-state index in [1.165, 1.54) is 0 Å². The third kappa shape index (κ3) is 4.40. The molecule has 2 rings (SSSR count). The molecule has 0 fully saturated rings. The van der Waals surface area contributed by atoms with Gasteiger partial charge in [-0.25, -0.2) is 0 Å². The first-order chi connectivity index (χ1) is 9.59. The summed E-state index contributed by atoms with van der Waals surface area (Å²) in [6.45, 7) is 2.86. The van der Waals surface area contributed by atoms with E-state index in [2.05, 4.69) is 5.32 Å². The van der Waals surface area contributed by atoms with Crippen molar-refractivity contribution in [2.45, 2.75) is 20.0 Å². The van der Waals surface area contributed by atoms with Crippen molar-refractivity contribution in [1.82, 2.24) is 5.32 Å². The van der Waals surface area contributed by atoms with Crippen LogP contribution in [0.3, 0.4) is 0 Å². The van der Waals surface area contributed by atoms with E-state index >= 15 is 0 Å². The van der Waals surface area contributed by atoms with E-state index in [1.807, 2.05) is 24.3 Å². The number of hydrogen-bond acceptors (Lipinski definition) is 5. The summed E-state index contributed by atoms with van der Waals surface area (Å²) in [6.07, 6.45) is 1.64. The summed E-state index contributed by atoms with van der Waals surface area (Å²) >= 11 is 0. The lowest BCUT2D eigenvalue weighted by Crippen LogP contribution is -2.13. The highest BCUT2D eigenvalue weighted by atomic mass is 32.2. The Kier molecular flexibility index (Phi) is 4.81. The van der Waals surface area contributed by atoms with Gasteiger partial charge in [0.2, 0.25) is 0 Å². The fraction of sp³-hybridized carbons (Fsp3) is 0.286. The van der Waals surface area contributed by atoms with Crippen LogP contribution >= 0.6 is 0 Å². The Morgan fingerprint density at radius 3 is 2.50 bits per heavy atom. The minimum absolute atomic E-state index is 0.0422. The van der Waals surface area contributed by atoms with Crippen LogP contribution in [0.25, 0.3) is 0 Å². The van der Waals surface area contributed by atoms with Crippen molar-refractivity contribution in [3.63, 3.8) is 0 Å². The van der Waals surface area contributed by atoms with E-state index in [0.29, 0.717) is 18.8 Å². The maximum atomic E-state index is 11.3. The fourth-order valence-corrected chi connectivity index (χ4v) is 2.13. The van der Waals surface area contributed by atoms with Gasteiger partial charge in [0.25, 0.3) is 0 Å². The second kappa shape index (κ2) is 6.58. The van der Waals surface area contributed by atoms with Gasteiger partial charge in [-0.2, -0.15) is 8.42 Å². The third-order valence-electron chi connectivity index (χ3n) is 2.71. The minimum Gasteiger partial charge on any atom is -0.468 e. The summed E-state index contributed by atoms with van der Waals surface area (Å²) in [6, 6.07) is 10.7. The predicted octanol–water partition coefficient (Wildman–Crippen LogP) is 2.30. The van der Waals surface area contributed by atoms with Crippen LogP contribution in [-0.4, -0.2) is 14.2 Å². The van der Waals surface area contributed by atoms with E-state index in [0.717, 1.165) is 11.3 Å². The molecule has 0 atom stereocenters. The fourth-order valence-electron chi connectivity index (χ4n) is 1.61. The summed E-state index contributed by atoms with van der Waals surface area (Å²) < 4.78 is 32.7. The Balaban J connectivity index is 1.85. The summed E-state index contributed by atoms with van der Waals surface area (Å²) in [5, 5.41) is 3.23. The highest BCUT2D eigenvalue weighted by Gasteiger charge is 2.08. The van der Waals surface area contributed by atoms with Gasteiger partial charge in [0.05, 0.1) is 18.6 Å². The zero-order valence-electron chi connectivity index (χ0n) is 11.2. The molecule has 5 nitrogen and oxygen atoms in total. The molecule has 0 aliphatic heterocycles. The molecule has 0 radical (unpaired) electrons. The van der Waals surface area contributed by atoms with Crippen molar-refractivity contribution in [3.8, 4) is 5.75 Å². The molecule has 1 aromatic carbocycles. The van der Waals surface area contributed by atoms with Crippen molar-refractivity contribution in [1.29, 1.82) is 0 Å². The van der Waals surface area contributed by atoms with Gasteiger partial charge in [0.1, 0.15) is 11.5 Å². The van der Waals surface area contributed by atoms with Gasteiger partial charge in [-0.15, -0.1) is 0 Å². The van der Waals surface area contributed by atoms with Crippen LogP contribution in [0, 0.1) is 0 Å². The molecule has 0 amide bonds. The molecule has 1 N–H and O–H groups in total. The lowest BCUT2D eigenvalue weighted by molar-refractivity contribution is 0.481. The van der Waals surface area contributed by atoms with Crippen molar-refractivity contribution in [2.24, 2.45) is 0 Å². The van der Waals surface area contributed by atoms with Crippen molar-refractivity contribution < 1.29 is 17.0 Å². The number of hydrogen-bond donors (Lipinski definition) is 1. The molecule has 6 heteroatoms. The number of furan rings is 1. The largest absolute Gasteiger partial charge is 0.468 e. The first-order valence-corrected chi connectivity index (χ1v) is 7.91. The van der Waals surface area contributed by atoms with E-state index in [1.54, 1.807) is 25.3 Å². The summed E-state index contributed by atoms with van der Waals surface area (Å²) in [7, 11) is -3.46. The Hall–Kier alpha value is -1.79. The summed E-state index contributed by atoms with van der Waals surface area (Å²) in [5.74, 6) is 1.17. The Labute approximate surface area is 118 Å². The SMILES string of the molecule is CCS(=O)(=O)Oc1ccc(CNCc2ccco2)cc1. The van der Waals surface area contributed by atoms with Gasteiger partial charge in [0, 0.05) is 6.54 Å². The number of benzene rings is 1. The van der Waals surface area contributed by atoms with Gasteiger partial charge in [-0.1, -0.05) is 12.1 Å². The molecule has 0 saturated heterocycles. The van der Waals surface area contributed by atoms with E-state index in [-0.39, 0.29) is 5.75 Å². The molecular formula is C14H17NO4S. The predicted molar refractivity (Wildman–Crippen MR) is 75.8 cm³/mol. The molecule has 1 heterocycles. The van der Waals surface area contributed by atoms with Crippen LogP contribution in [0.4, 0.5) is 0 Å². The van der Waals surface area contributed by atoms with Crippen LogP contribution in [-0.2, 0) is 23.2 Å². The van der Waals surface area contributed by atoms with Gasteiger partial charge in [-0.3, -0.25) is 0 Å². The first kappa shape index (κ1) is 14.6. The van der Waals surface area contributed by atoms with Crippen LogP contribution in [0.15, 0.2) is 47.1 Å². The van der Waals surface area contributed by atoms with Gasteiger partial charge >= 0.3 is 10.1 Å². The lowest BCUT2D eigenvalue weighted by Gasteiger charge is -2.06. The number of rotatable bonds is 7. The monoisotopic (exact) mass is 295 g/mol. The maximum absolute atomic E-state index is 11.3. The molecule has 0 unspecified atom stereocenters. The maximum Gasteiger partial charge on any atom is 0.308 e. The zero-order chi connectivity index (χ0) is 14.4. The molecular weight excluding hydrogens is 278 g/mol. The topological polar surface area (TPSA) is 68.5 Å². The molecule has 0 saturated carbocycles. The zero-order valence-corrected chi connectivity index (χ0v) is 12.0. The molecule has 2 aromatic rings. The molecule has 1 aromatic heterocycles. The smallest absolute Gasteiger partial charge is 0.308 e. The lowest BCUT2D eigenvalue weighted by atomic mass is 10.2. The molecule has 0 bridgehead atoms. The highest BCUT2D eigenvalue weighted by Crippen LogP contribution is 2.14. The van der Waals surface area contributed by atoms with Crippen LogP contribution < -0.4 is 9.50 Å². The third-order valence-corrected chi connectivity index (χ3v) is 3.86. The second-order valence-electron chi connectivity index (χ2n) is 4.26. The number of nitrogens with one attached hydrogen (secondary N) is 1. The average molecular weight is 295 g/mol. The normalized spacial score (nSPS) is 11.4. The van der Waals surface area contributed by atoms with Crippen LogP contribution in [0.1, 0.15) is 18.2 Å². The quantitative estimate of drug-likeness (QED) is 0.794. The first-order valence-electron chi connectivity index (χ1n) is 6.33. The minimum atomic E-state index is -3.46. The molecule has 0 aliphatic rings.